The van der Waals surface area contributed by atoms with E-state index in [1.807, 2.05) is 0 Å². The quantitative estimate of drug-likeness (QED) is 0.434. The number of hydrogen-bond donors (Lipinski definition) is 0. The molecule has 2 nitrogen and oxygen atoms in total. The third-order valence-corrected chi connectivity index (χ3v) is 5.69. The molecule has 0 amide bonds. The molecule has 1 aliphatic rings. The number of carbonyl (C=O) groups excluding carboxylic acids is 2. The van der Waals surface area contributed by atoms with Crippen molar-refractivity contribution in [2.45, 2.75) is 104 Å². The average molecular weight is 323 g/mol. The van der Waals surface area contributed by atoms with E-state index in [1.165, 1.54) is 32.1 Å². The highest BCUT2D eigenvalue weighted by Crippen LogP contribution is 2.34. The van der Waals surface area contributed by atoms with Crippen LogP contribution in [0.25, 0.3) is 0 Å². The normalized spacial score (nSPS) is 18.6. The van der Waals surface area contributed by atoms with Gasteiger partial charge in [0.1, 0.15) is 11.6 Å². The van der Waals surface area contributed by atoms with E-state index in [0.29, 0.717) is 29.8 Å². The van der Waals surface area contributed by atoms with Gasteiger partial charge in [-0.15, -0.1) is 0 Å². The molecule has 0 aromatic heterocycles. The van der Waals surface area contributed by atoms with E-state index in [2.05, 4.69) is 13.8 Å². The number of rotatable bonds is 12. The summed E-state index contributed by atoms with van der Waals surface area (Å²) >= 11 is 0. The monoisotopic (exact) mass is 322 g/mol. The van der Waals surface area contributed by atoms with Crippen LogP contribution in [-0.2, 0) is 9.59 Å². The standard InChI is InChI=1S/C21H38O2/c1-4-6-12-18(17(3)22)15-10-16-21(23)20(11-5-2)19-13-8-7-9-14-19/h18-20H,4-16H2,1-3H3. The largest absolute Gasteiger partial charge is 0.300 e. The molecule has 134 valence electrons. The van der Waals surface area contributed by atoms with Gasteiger partial charge in [-0.25, -0.2) is 0 Å². The molecule has 0 N–H and O–H groups in total. The summed E-state index contributed by atoms with van der Waals surface area (Å²) in [6, 6.07) is 0. The molecule has 0 spiro atoms. The van der Waals surface area contributed by atoms with Gasteiger partial charge in [0.05, 0.1) is 0 Å². The molecule has 1 aliphatic carbocycles. The molecule has 2 atom stereocenters. The van der Waals surface area contributed by atoms with E-state index in [9.17, 15) is 9.59 Å². The van der Waals surface area contributed by atoms with Crippen molar-refractivity contribution in [3.63, 3.8) is 0 Å². The molecular formula is C21H38O2. The Kier molecular flexibility index (Phi) is 10.5. The Morgan fingerprint density at radius 1 is 0.913 bits per heavy atom. The minimum atomic E-state index is 0.182. The SMILES string of the molecule is CCCCC(CCCC(=O)C(CCC)C1CCCCC1)C(C)=O. The van der Waals surface area contributed by atoms with Crippen molar-refractivity contribution >= 4 is 11.6 Å². The Bertz CT molecular complexity index is 342. The minimum absolute atomic E-state index is 0.182. The van der Waals surface area contributed by atoms with Crippen LogP contribution in [0.1, 0.15) is 104 Å². The van der Waals surface area contributed by atoms with Gasteiger partial charge in [-0.3, -0.25) is 9.59 Å². The predicted molar refractivity (Wildman–Crippen MR) is 97.5 cm³/mol. The van der Waals surface area contributed by atoms with Crippen LogP contribution in [0.2, 0.25) is 0 Å². The molecule has 0 bridgehead atoms. The van der Waals surface area contributed by atoms with Crippen molar-refractivity contribution in [3.8, 4) is 0 Å². The van der Waals surface area contributed by atoms with E-state index < -0.39 is 0 Å². The van der Waals surface area contributed by atoms with Gasteiger partial charge in [-0.2, -0.15) is 0 Å². The topological polar surface area (TPSA) is 34.1 Å². The third kappa shape index (κ3) is 7.63. The first-order chi connectivity index (χ1) is 11.1. The average Bonchev–Trinajstić information content (AvgIpc) is 2.56. The van der Waals surface area contributed by atoms with Crippen LogP contribution >= 0.6 is 0 Å². The molecule has 0 heterocycles. The summed E-state index contributed by atoms with van der Waals surface area (Å²) in [7, 11) is 0. The molecule has 1 saturated carbocycles. The van der Waals surface area contributed by atoms with Crippen molar-refractivity contribution in [1.82, 2.24) is 0 Å². The molecule has 1 rings (SSSR count). The van der Waals surface area contributed by atoms with Crippen LogP contribution in [0.3, 0.4) is 0 Å². The van der Waals surface area contributed by atoms with Crippen molar-refractivity contribution in [2.75, 3.05) is 0 Å². The Morgan fingerprint density at radius 2 is 1.57 bits per heavy atom. The highest BCUT2D eigenvalue weighted by Gasteiger charge is 2.28. The van der Waals surface area contributed by atoms with Crippen molar-refractivity contribution in [3.05, 3.63) is 0 Å². The maximum atomic E-state index is 12.7. The zero-order valence-electron chi connectivity index (χ0n) is 15.7. The second-order valence-electron chi connectivity index (χ2n) is 7.60. The fourth-order valence-corrected chi connectivity index (χ4v) is 4.22. The van der Waals surface area contributed by atoms with Crippen LogP contribution in [0.5, 0.6) is 0 Å². The van der Waals surface area contributed by atoms with Gasteiger partial charge in [0.25, 0.3) is 0 Å². The molecule has 2 heteroatoms. The van der Waals surface area contributed by atoms with Gasteiger partial charge >= 0.3 is 0 Å². The summed E-state index contributed by atoms with van der Waals surface area (Å²) in [5, 5.41) is 0. The summed E-state index contributed by atoms with van der Waals surface area (Å²) in [4.78, 5) is 24.4. The molecule has 0 aromatic rings. The lowest BCUT2D eigenvalue weighted by Crippen LogP contribution is -2.26. The lowest BCUT2D eigenvalue weighted by atomic mass is 9.75. The number of Topliss-reactive ketones (excluding diaryl/α,β-unsaturated/α-hetero) is 2. The number of ketones is 2. The van der Waals surface area contributed by atoms with Gasteiger partial charge < -0.3 is 0 Å². The molecule has 0 radical (unpaired) electrons. The summed E-state index contributed by atoms with van der Waals surface area (Å²) < 4.78 is 0. The van der Waals surface area contributed by atoms with Gasteiger partial charge in [0.15, 0.2) is 0 Å². The number of hydrogen-bond acceptors (Lipinski definition) is 2. The van der Waals surface area contributed by atoms with Crippen molar-refractivity contribution < 1.29 is 9.59 Å². The first kappa shape index (κ1) is 20.4. The Balaban J connectivity index is 2.42. The first-order valence-electron chi connectivity index (χ1n) is 10.1. The summed E-state index contributed by atoms with van der Waals surface area (Å²) in [6.45, 7) is 6.07. The first-order valence-corrected chi connectivity index (χ1v) is 10.1. The molecule has 1 fully saturated rings. The maximum absolute atomic E-state index is 12.7. The molecule has 0 aliphatic heterocycles. The van der Waals surface area contributed by atoms with E-state index in [4.69, 9.17) is 0 Å². The van der Waals surface area contributed by atoms with Gasteiger partial charge in [-0.05, 0) is 51.4 Å². The van der Waals surface area contributed by atoms with Crippen molar-refractivity contribution in [1.29, 1.82) is 0 Å². The summed E-state index contributed by atoms with van der Waals surface area (Å²) in [5.74, 6) is 1.91. The number of unbranched alkanes of at least 4 members (excludes halogenated alkanes) is 1. The van der Waals surface area contributed by atoms with E-state index in [1.54, 1.807) is 6.92 Å². The smallest absolute Gasteiger partial charge is 0.136 e. The second kappa shape index (κ2) is 11.8. The van der Waals surface area contributed by atoms with Gasteiger partial charge in [0.2, 0.25) is 0 Å². The Labute approximate surface area is 143 Å². The summed E-state index contributed by atoms with van der Waals surface area (Å²) in [6.07, 6.45) is 14.4. The fraction of sp³-hybridized carbons (Fsp3) is 0.905. The van der Waals surface area contributed by atoms with Gasteiger partial charge in [0, 0.05) is 18.3 Å². The summed E-state index contributed by atoms with van der Waals surface area (Å²) in [5.41, 5.74) is 0. The lowest BCUT2D eigenvalue weighted by Gasteiger charge is -2.29. The Morgan fingerprint density at radius 3 is 2.13 bits per heavy atom. The highest BCUT2D eigenvalue weighted by atomic mass is 16.1. The zero-order chi connectivity index (χ0) is 17.1. The maximum Gasteiger partial charge on any atom is 0.136 e. The zero-order valence-corrected chi connectivity index (χ0v) is 15.7. The lowest BCUT2D eigenvalue weighted by molar-refractivity contribution is -0.126. The van der Waals surface area contributed by atoms with Gasteiger partial charge in [-0.1, -0.05) is 52.4 Å². The van der Waals surface area contributed by atoms with Crippen LogP contribution in [0.15, 0.2) is 0 Å². The highest BCUT2D eigenvalue weighted by molar-refractivity contribution is 5.81. The Hall–Kier alpha value is -0.660. The minimum Gasteiger partial charge on any atom is -0.300 e. The van der Waals surface area contributed by atoms with Crippen LogP contribution in [0, 0.1) is 17.8 Å². The van der Waals surface area contributed by atoms with Crippen LogP contribution in [-0.4, -0.2) is 11.6 Å². The fourth-order valence-electron chi connectivity index (χ4n) is 4.22. The van der Waals surface area contributed by atoms with Crippen molar-refractivity contribution in [2.24, 2.45) is 17.8 Å². The van der Waals surface area contributed by atoms with E-state index in [-0.39, 0.29) is 5.92 Å². The van der Waals surface area contributed by atoms with Crippen LogP contribution < -0.4 is 0 Å². The molecule has 0 saturated heterocycles. The number of carbonyl (C=O) groups is 2. The molecule has 23 heavy (non-hydrogen) atoms. The molecule has 2 unspecified atom stereocenters. The molecular weight excluding hydrogens is 284 g/mol. The van der Waals surface area contributed by atoms with E-state index >= 15 is 0 Å². The molecule has 0 aromatic carbocycles. The predicted octanol–water partition coefficient (Wildman–Crippen LogP) is 6.12. The van der Waals surface area contributed by atoms with Crippen LogP contribution in [0.4, 0.5) is 0 Å². The third-order valence-electron chi connectivity index (χ3n) is 5.69. The van der Waals surface area contributed by atoms with E-state index in [0.717, 1.165) is 44.9 Å². The second-order valence-corrected chi connectivity index (χ2v) is 7.60.